The molecule has 1 aromatic carbocycles. The molecule has 1 aromatic rings. The van der Waals surface area contributed by atoms with E-state index in [1.54, 1.807) is 30.9 Å². The summed E-state index contributed by atoms with van der Waals surface area (Å²) in [6.07, 6.45) is 1.96. The highest BCUT2D eigenvalue weighted by atomic mass is 32.2. The lowest BCUT2D eigenvalue weighted by Crippen LogP contribution is -2.39. The molecule has 2 rings (SSSR count). The van der Waals surface area contributed by atoms with Gasteiger partial charge in [-0.15, -0.1) is 0 Å². The second kappa shape index (κ2) is 6.03. The van der Waals surface area contributed by atoms with E-state index in [9.17, 15) is 13.2 Å². The van der Waals surface area contributed by atoms with Gasteiger partial charge in [-0.1, -0.05) is 6.07 Å². The first-order valence-corrected chi connectivity index (χ1v) is 8.44. The minimum atomic E-state index is -3.75. The largest absolute Gasteiger partial charge is 0.398 e. The Morgan fingerprint density at radius 2 is 1.90 bits per heavy atom. The topological polar surface area (TPSA) is 92.5 Å². The fourth-order valence-electron chi connectivity index (χ4n) is 2.56. The molecule has 0 bridgehead atoms. The van der Waals surface area contributed by atoms with E-state index in [1.807, 2.05) is 0 Å². The van der Waals surface area contributed by atoms with E-state index in [-0.39, 0.29) is 17.3 Å². The molecule has 0 unspecified atom stereocenters. The van der Waals surface area contributed by atoms with Crippen molar-refractivity contribution in [2.24, 2.45) is 0 Å². The number of nitrogens with zero attached hydrogens (tertiary/aromatic N) is 1. The lowest BCUT2D eigenvalue weighted by atomic mass is 10.1. The molecule has 0 radical (unpaired) electrons. The van der Waals surface area contributed by atoms with Crippen molar-refractivity contribution in [3.63, 3.8) is 0 Å². The molecule has 0 saturated carbocycles. The van der Waals surface area contributed by atoms with Gasteiger partial charge in [-0.2, -0.15) is 0 Å². The third-order valence-corrected chi connectivity index (χ3v) is 5.48. The van der Waals surface area contributed by atoms with Gasteiger partial charge in [0, 0.05) is 18.8 Å². The molecule has 21 heavy (non-hydrogen) atoms. The van der Waals surface area contributed by atoms with Gasteiger partial charge in [0.25, 0.3) is 0 Å². The number of aryl methyl sites for hydroxylation is 1. The zero-order valence-corrected chi connectivity index (χ0v) is 13.2. The normalized spacial score (nSPS) is 15.4. The van der Waals surface area contributed by atoms with Gasteiger partial charge >= 0.3 is 0 Å². The van der Waals surface area contributed by atoms with Crippen LogP contribution in [0.5, 0.6) is 0 Å². The molecule has 1 aliphatic rings. The summed E-state index contributed by atoms with van der Waals surface area (Å²) >= 11 is 0. The molecule has 0 aliphatic carbocycles. The molecule has 0 atom stereocenters. The summed E-state index contributed by atoms with van der Waals surface area (Å²) < 4.78 is 27.2. The first-order valence-electron chi connectivity index (χ1n) is 6.96. The Hall–Kier alpha value is -1.60. The third kappa shape index (κ3) is 3.36. The number of benzene rings is 1. The number of carbonyl (C=O) groups is 1. The van der Waals surface area contributed by atoms with E-state index in [4.69, 9.17) is 5.73 Å². The van der Waals surface area contributed by atoms with E-state index in [1.165, 1.54) is 0 Å². The van der Waals surface area contributed by atoms with Gasteiger partial charge in [-0.05, 0) is 43.9 Å². The van der Waals surface area contributed by atoms with Crippen LogP contribution in [0.2, 0.25) is 0 Å². The molecule has 1 saturated heterocycles. The molecule has 3 N–H and O–H groups in total. The fraction of sp³-hybridized carbons (Fsp3) is 0.500. The first kappa shape index (κ1) is 15.8. The van der Waals surface area contributed by atoms with Gasteiger partial charge < -0.3 is 10.6 Å². The molecule has 1 aliphatic heterocycles. The number of hydrogen-bond donors (Lipinski definition) is 2. The Morgan fingerprint density at radius 1 is 1.29 bits per heavy atom. The molecular weight excluding hydrogens is 290 g/mol. The van der Waals surface area contributed by atoms with Crippen LogP contribution in [-0.4, -0.2) is 38.9 Å². The second-order valence-electron chi connectivity index (χ2n) is 5.34. The summed E-state index contributed by atoms with van der Waals surface area (Å²) in [4.78, 5) is 13.8. The Morgan fingerprint density at radius 3 is 2.52 bits per heavy atom. The monoisotopic (exact) mass is 311 g/mol. The Bertz CT molecular complexity index is 650. The van der Waals surface area contributed by atoms with Crippen LogP contribution in [0.25, 0.3) is 0 Å². The predicted octanol–water partition coefficient (Wildman–Crippen LogP) is 0.786. The van der Waals surface area contributed by atoms with E-state index in [2.05, 4.69) is 4.72 Å². The summed E-state index contributed by atoms with van der Waals surface area (Å²) in [6, 6.07) is 3.35. The second-order valence-corrected chi connectivity index (χ2v) is 7.04. The predicted molar refractivity (Wildman–Crippen MR) is 81.3 cm³/mol. The summed E-state index contributed by atoms with van der Waals surface area (Å²) in [5, 5.41) is 0. The fourth-order valence-corrected chi connectivity index (χ4v) is 4.03. The van der Waals surface area contributed by atoms with E-state index < -0.39 is 10.0 Å². The number of likely N-dealkylation sites (tertiary alicyclic amines) is 1. The van der Waals surface area contributed by atoms with Crippen molar-refractivity contribution >= 4 is 21.6 Å². The van der Waals surface area contributed by atoms with Crippen molar-refractivity contribution in [3.05, 3.63) is 23.3 Å². The third-order valence-electron chi connectivity index (χ3n) is 3.79. The maximum absolute atomic E-state index is 12.4. The number of nitrogens with two attached hydrogens (primary N) is 1. The minimum Gasteiger partial charge on any atom is -0.398 e. The van der Waals surface area contributed by atoms with Crippen molar-refractivity contribution in [2.75, 3.05) is 25.4 Å². The Kier molecular flexibility index (Phi) is 4.53. The van der Waals surface area contributed by atoms with Crippen LogP contribution in [0.4, 0.5) is 5.69 Å². The lowest BCUT2D eigenvalue weighted by molar-refractivity contribution is -0.128. The Balaban J connectivity index is 2.15. The summed E-state index contributed by atoms with van der Waals surface area (Å²) in [7, 11) is -3.75. The molecule has 0 spiro atoms. The van der Waals surface area contributed by atoms with Crippen LogP contribution >= 0.6 is 0 Å². The number of carbonyl (C=O) groups excluding carboxylic acids is 1. The van der Waals surface area contributed by atoms with E-state index in [0.29, 0.717) is 29.9 Å². The maximum Gasteiger partial charge on any atom is 0.241 e. The van der Waals surface area contributed by atoms with Crippen LogP contribution in [0.3, 0.4) is 0 Å². The molecular formula is C14H21N3O3S. The van der Waals surface area contributed by atoms with Crippen LogP contribution in [0.1, 0.15) is 24.0 Å². The van der Waals surface area contributed by atoms with Gasteiger partial charge in [0.15, 0.2) is 0 Å². The van der Waals surface area contributed by atoms with Crippen molar-refractivity contribution in [1.29, 1.82) is 0 Å². The minimum absolute atomic E-state index is 0.164. The van der Waals surface area contributed by atoms with Crippen molar-refractivity contribution in [1.82, 2.24) is 9.62 Å². The number of hydrogen-bond acceptors (Lipinski definition) is 4. The molecule has 6 nitrogen and oxygen atoms in total. The smallest absolute Gasteiger partial charge is 0.241 e. The highest BCUT2D eigenvalue weighted by Crippen LogP contribution is 2.24. The van der Waals surface area contributed by atoms with Crippen LogP contribution in [0, 0.1) is 13.8 Å². The van der Waals surface area contributed by atoms with Gasteiger partial charge in [0.1, 0.15) is 0 Å². The number of anilines is 1. The number of nitrogens with one attached hydrogen (secondary N) is 1. The van der Waals surface area contributed by atoms with Crippen LogP contribution in [-0.2, 0) is 14.8 Å². The van der Waals surface area contributed by atoms with Gasteiger partial charge in [0.2, 0.25) is 15.9 Å². The highest BCUT2D eigenvalue weighted by molar-refractivity contribution is 7.89. The number of rotatable bonds is 4. The molecule has 116 valence electrons. The van der Waals surface area contributed by atoms with Crippen molar-refractivity contribution in [2.45, 2.75) is 31.6 Å². The summed E-state index contributed by atoms with van der Waals surface area (Å²) in [5.41, 5.74) is 7.32. The van der Waals surface area contributed by atoms with Crippen molar-refractivity contribution in [3.8, 4) is 0 Å². The molecule has 0 aromatic heterocycles. The first-order chi connectivity index (χ1) is 9.83. The zero-order chi connectivity index (χ0) is 15.6. The van der Waals surface area contributed by atoms with Crippen molar-refractivity contribution < 1.29 is 13.2 Å². The summed E-state index contributed by atoms with van der Waals surface area (Å²) in [5.74, 6) is -0.185. The number of nitrogen functional groups attached to an aromatic ring is 1. The molecule has 7 heteroatoms. The Labute approximate surface area is 125 Å². The molecule has 1 fully saturated rings. The zero-order valence-electron chi connectivity index (χ0n) is 12.3. The highest BCUT2D eigenvalue weighted by Gasteiger charge is 2.24. The standard InChI is InChI=1S/C14H21N3O3S/c1-10-5-6-12(15)11(2)14(10)21(19,20)16-9-13(18)17-7-3-4-8-17/h5-6,16H,3-4,7-9,15H2,1-2H3. The maximum atomic E-state index is 12.4. The van der Waals surface area contributed by atoms with E-state index >= 15 is 0 Å². The molecule has 1 heterocycles. The average molecular weight is 311 g/mol. The number of sulfonamides is 1. The van der Waals surface area contributed by atoms with Crippen LogP contribution < -0.4 is 10.5 Å². The van der Waals surface area contributed by atoms with Gasteiger partial charge in [0.05, 0.1) is 11.4 Å². The van der Waals surface area contributed by atoms with E-state index in [0.717, 1.165) is 12.8 Å². The van der Waals surface area contributed by atoms with Crippen LogP contribution in [0.15, 0.2) is 17.0 Å². The SMILES string of the molecule is Cc1ccc(N)c(C)c1S(=O)(=O)NCC(=O)N1CCCC1. The average Bonchev–Trinajstić information content (AvgIpc) is 2.95. The van der Waals surface area contributed by atoms with Gasteiger partial charge in [-0.3, -0.25) is 4.79 Å². The summed E-state index contributed by atoms with van der Waals surface area (Å²) in [6.45, 7) is 4.58. The quantitative estimate of drug-likeness (QED) is 0.804. The van der Waals surface area contributed by atoms with Gasteiger partial charge in [-0.25, -0.2) is 13.1 Å². The lowest BCUT2D eigenvalue weighted by Gasteiger charge is -2.17. The molecule has 1 amide bonds. The number of amides is 1.